The number of ether oxygens (including phenoxy) is 1. The van der Waals surface area contributed by atoms with Gasteiger partial charge in [-0.1, -0.05) is 23.7 Å². The van der Waals surface area contributed by atoms with Crippen LogP contribution in [-0.4, -0.2) is 59.5 Å². The molecule has 2 aromatic carbocycles. The Bertz CT molecular complexity index is 1230. The number of pyridine rings is 1. The van der Waals surface area contributed by atoms with Crippen molar-refractivity contribution < 1.29 is 28.2 Å². The summed E-state index contributed by atoms with van der Waals surface area (Å²) >= 11 is 5.92. The standard InChI is InChI=1S/C24H26ClF2N5O4/c1-32(23(34)30-12-15-3-2-4-20(27)22(15)25)18(9-19(33)10-28)13-36-24(35)31-21-8-16-7-17(26)6-5-14(16)11-29-21/h2-8,11,18-19,33H,9-10,12-13,28H2,1H3,(H,30,34)(H,29,31,35)/t18-,19+/m0/s1. The number of aliphatic hydroxyl groups is 1. The Labute approximate surface area is 211 Å². The zero-order chi connectivity index (χ0) is 26.2. The average molecular weight is 522 g/mol. The number of urea groups is 1. The topological polar surface area (TPSA) is 130 Å². The van der Waals surface area contributed by atoms with Crippen molar-refractivity contribution in [2.45, 2.75) is 25.1 Å². The number of hydrogen-bond donors (Lipinski definition) is 4. The van der Waals surface area contributed by atoms with Crippen LogP contribution in [0.1, 0.15) is 12.0 Å². The fourth-order valence-corrected chi connectivity index (χ4v) is 3.58. The first-order valence-corrected chi connectivity index (χ1v) is 11.4. The molecule has 36 heavy (non-hydrogen) atoms. The summed E-state index contributed by atoms with van der Waals surface area (Å²) in [6.45, 7) is -0.369. The van der Waals surface area contributed by atoms with Crippen molar-refractivity contribution in [1.29, 1.82) is 0 Å². The van der Waals surface area contributed by atoms with Crippen LogP contribution in [0.15, 0.2) is 48.7 Å². The minimum absolute atomic E-state index is 0.0297. The van der Waals surface area contributed by atoms with Gasteiger partial charge < -0.3 is 25.8 Å². The van der Waals surface area contributed by atoms with Crippen LogP contribution >= 0.6 is 11.6 Å². The number of amides is 3. The van der Waals surface area contributed by atoms with E-state index in [1.165, 1.54) is 48.5 Å². The molecule has 9 nitrogen and oxygen atoms in total. The quantitative estimate of drug-likeness (QED) is 0.340. The molecular formula is C24H26ClF2N5O4. The molecule has 0 aliphatic heterocycles. The maximum Gasteiger partial charge on any atom is 0.412 e. The predicted octanol–water partition coefficient (Wildman–Crippen LogP) is 3.63. The molecule has 192 valence electrons. The Morgan fingerprint density at radius 3 is 2.75 bits per heavy atom. The molecule has 5 N–H and O–H groups in total. The van der Waals surface area contributed by atoms with Crippen LogP contribution in [0.2, 0.25) is 5.02 Å². The number of nitrogens with zero attached hydrogens (tertiary/aromatic N) is 2. The van der Waals surface area contributed by atoms with Crippen LogP contribution in [0.25, 0.3) is 10.8 Å². The van der Waals surface area contributed by atoms with Gasteiger partial charge in [-0.25, -0.2) is 23.4 Å². The van der Waals surface area contributed by atoms with E-state index in [2.05, 4.69) is 15.6 Å². The Morgan fingerprint density at radius 2 is 2.00 bits per heavy atom. The number of halogens is 3. The van der Waals surface area contributed by atoms with Gasteiger partial charge in [0.25, 0.3) is 0 Å². The average Bonchev–Trinajstić information content (AvgIpc) is 2.86. The SMILES string of the molecule is CN(C(=O)NCc1cccc(F)c1Cl)[C@H](COC(=O)Nc1cc2cc(F)ccc2cn1)C[C@@H](O)CN. The third-order valence-electron chi connectivity index (χ3n) is 5.47. The molecule has 3 rings (SSSR count). The van der Waals surface area contributed by atoms with Crippen molar-refractivity contribution >= 4 is 40.3 Å². The summed E-state index contributed by atoms with van der Waals surface area (Å²) in [7, 11) is 1.46. The van der Waals surface area contributed by atoms with Crippen molar-refractivity contribution in [3.63, 3.8) is 0 Å². The van der Waals surface area contributed by atoms with Crippen LogP contribution in [0.5, 0.6) is 0 Å². The minimum Gasteiger partial charge on any atom is -0.447 e. The van der Waals surface area contributed by atoms with E-state index in [1.54, 1.807) is 12.1 Å². The number of benzene rings is 2. The molecule has 2 atom stereocenters. The zero-order valence-corrected chi connectivity index (χ0v) is 20.1. The first-order valence-electron chi connectivity index (χ1n) is 11.0. The molecule has 0 fully saturated rings. The largest absolute Gasteiger partial charge is 0.447 e. The van der Waals surface area contributed by atoms with Crippen molar-refractivity contribution in [2.75, 3.05) is 25.5 Å². The van der Waals surface area contributed by atoms with Crippen LogP contribution in [0.3, 0.4) is 0 Å². The Kier molecular flexibility index (Phi) is 9.34. The number of aromatic nitrogens is 1. The highest BCUT2D eigenvalue weighted by Gasteiger charge is 2.24. The number of aliphatic hydroxyl groups excluding tert-OH is 1. The molecule has 3 aromatic rings. The maximum atomic E-state index is 13.6. The molecule has 0 spiro atoms. The lowest BCUT2D eigenvalue weighted by Crippen LogP contribution is -2.47. The van der Waals surface area contributed by atoms with Crippen LogP contribution < -0.4 is 16.4 Å². The van der Waals surface area contributed by atoms with Gasteiger partial charge in [-0.2, -0.15) is 0 Å². The van der Waals surface area contributed by atoms with Gasteiger partial charge in [-0.05, 0) is 47.7 Å². The van der Waals surface area contributed by atoms with E-state index in [-0.39, 0.29) is 37.0 Å². The fraction of sp³-hybridized carbons (Fsp3) is 0.292. The smallest absolute Gasteiger partial charge is 0.412 e. The third kappa shape index (κ3) is 7.23. The number of fused-ring (bicyclic) bond motifs is 1. The molecule has 3 amide bonds. The lowest BCUT2D eigenvalue weighted by molar-refractivity contribution is 0.0815. The van der Waals surface area contributed by atoms with Crippen LogP contribution in [0, 0.1) is 11.6 Å². The summed E-state index contributed by atoms with van der Waals surface area (Å²) in [5, 5.41) is 16.2. The van der Waals surface area contributed by atoms with Crippen LogP contribution in [0.4, 0.5) is 24.2 Å². The van der Waals surface area contributed by atoms with E-state index in [9.17, 15) is 23.5 Å². The molecule has 1 aromatic heterocycles. The van der Waals surface area contributed by atoms with E-state index >= 15 is 0 Å². The Morgan fingerprint density at radius 1 is 1.22 bits per heavy atom. The van der Waals surface area contributed by atoms with Gasteiger partial charge in [0, 0.05) is 31.7 Å². The second kappa shape index (κ2) is 12.4. The third-order valence-corrected chi connectivity index (χ3v) is 5.89. The van der Waals surface area contributed by atoms with Gasteiger partial charge in [-0.15, -0.1) is 0 Å². The highest BCUT2D eigenvalue weighted by Crippen LogP contribution is 2.20. The summed E-state index contributed by atoms with van der Waals surface area (Å²) in [4.78, 5) is 30.4. The fourth-order valence-electron chi connectivity index (χ4n) is 3.39. The molecule has 0 radical (unpaired) electrons. The molecule has 0 saturated heterocycles. The summed E-state index contributed by atoms with van der Waals surface area (Å²) in [6, 6.07) is 8.62. The lowest BCUT2D eigenvalue weighted by Gasteiger charge is -2.29. The van der Waals surface area contributed by atoms with Crippen LogP contribution in [-0.2, 0) is 11.3 Å². The van der Waals surface area contributed by atoms with Gasteiger partial charge in [-0.3, -0.25) is 5.32 Å². The van der Waals surface area contributed by atoms with Crippen molar-refractivity contribution in [1.82, 2.24) is 15.2 Å². The molecule has 0 bridgehead atoms. The summed E-state index contributed by atoms with van der Waals surface area (Å²) in [6.07, 6.45) is -0.298. The van der Waals surface area contributed by atoms with E-state index in [0.717, 1.165) is 0 Å². The second-order valence-corrected chi connectivity index (χ2v) is 8.42. The van der Waals surface area contributed by atoms with E-state index in [1.807, 2.05) is 0 Å². The number of rotatable bonds is 9. The first kappa shape index (κ1) is 27.1. The number of anilines is 1. The zero-order valence-electron chi connectivity index (χ0n) is 19.4. The second-order valence-electron chi connectivity index (χ2n) is 8.05. The lowest BCUT2D eigenvalue weighted by atomic mass is 10.1. The van der Waals surface area contributed by atoms with Gasteiger partial charge >= 0.3 is 12.1 Å². The van der Waals surface area contributed by atoms with Crippen molar-refractivity contribution in [2.24, 2.45) is 5.73 Å². The highest BCUT2D eigenvalue weighted by atomic mass is 35.5. The summed E-state index contributed by atoms with van der Waals surface area (Å²) in [5.74, 6) is -0.884. The van der Waals surface area contributed by atoms with Gasteiger partial charge in [0.15, 0.2) is 0 Å². The minimum atomic E-state index is -0.952. The van der Waals surface area contributed by atoms with E-state index < -0.39 is 35.9 Å². The Balaban J connectivity index is 1.60. The number of hydrogen-bond acceptors (Lipinski definition) is 6. The summed E-state index contributed by atoms with van der Waals surface area (Å²) in [5.41, 5.74) is 5.89. The highest BCUT2D eigenvalue weighted by molar-refractivity contribution is 6.31. The maximum absolute atomic E-state index is 13.6. The summed E-state index contributed by atoms with van der Waals surface area (Å²) < 4.78 is 32.4. The van der Waals surface area contributed by atoms with Gasteiger partial charge in [0.1, 0.15) is 24.1 Å². The van der Waals surface area contributed by atoms with Gasteiger partial charge in [0.2, 0.25) is 0 Å². The number of nitrogens with one attached hydrogen (secondary N) is 2. The van der Waals surface area contributed by atoms with E-state index in [0.29, 0.717) is 16.3 Å². The molecule has 0 saturated carbocycles. The van der Waals surface area contributed by atoms with Gasteiger partial charge in [0.05, 0.1) is 17.2 Å². The Hall–Kier alpha value is -3.54. The first-order chi connectivity index (χ1) is 17.2. The molecule has 1 heterocycles. The number of likely N-dealkylation sites (N-methyl/N-ethyl adjacent to an activating group) is 1. The number of nitrogens with two attached hydrogens (primary N) is 1. The van der Waals surface area contributed by atoms with E-state index in [4.69, 9.17) is 22.1 Å². The normalized spacial score (nSPS) is 12.6. The number of carbonyl (C=O) groups is 2. The molecule has 0 aliphatic rings. The molecular weight excluding hydrogens is 496 g/mol. The molecule has 0 aliphatic carbocycles. The predicted molar refractivity (Wildman–Crippen MR) is 132 cm³/mol. The molecule has 12 heteroatoms. The van der Waals surface area contributed by atoms with Crippen molar-refractivity contribution in [3.05, 3.63) is 70.9 Å². The monoisotopic (exact) mass is 521 g/mol. The number of carbonyl (C=O) groups excluding carboxylic acids is 2. The molecule has 0 unspecified atom stereocenters. The van der Waals surface area contributed by atoms with Crippen molar-refractivity contribution in [3.8, 4) is 0 Å².